The van der Waals surface area contributed by atoms with Crippen LogP contribution in [0.2, 0.25) is 0 Å². The molecule has 1 saturated heterocycles. The minimum atomic E-state index is -3.58. The molecule has 1 aromatic heterocycles. The maximum Gasteiger partial charge on any atom is 0.233 e. The van der Waals surface area contributed by atoms with Crippen LogP contribution in [0.3, 0.4) is 0 Å². The second kappa shape index (κ2) is 5.10. The lowest BCUT2D eigenvalue weighted by Crippen LogP contribution is -2.28. The van der Waals surface area contributed by atoms with E-state index in [9.17, 15) is 13.2 Å². The van der Waals surface area contributed by atoms with Crippen LogP contribution in [0.1, 0.15) is 6.42 Å². The molecule has 9 heteroatoms. The maximum atomic E-state index is 11.8. The average Bonchev–Trinajstić information content (AvgIpc) is 2.68. The molecule has 19 heavy (non-hydrogen) atoms. The molecule has 1 aliphatic heterocycles. The van der Waals surface area contributed by atoms with E-state index in [1.54, 1.807) is 12.1 Å². The number of ether oxygens (including phenoxy) is 1. The number of aromatic nitrogens is 2. The number of nitrogens with two attached hydrogens (primary N) is 1. The summed E-state index contributed by atoms with van der Waals surface area (Å²) in [5.41, 5.74) is 0. The summed E-state index contributed by atoms with van der Waals surface area (Å²) in [6.07, 6.45) is 0.143. The van der Waals surface area contributed by atoms with Gasteiger partial charge < -0.3 is 4.74 Å². The third-order valence-corrected chi connectivity index (χ3v) is 3.72. The second-order valence-electron chi connectivity index (χ2n) is 4.34. The molecule has 0 spiro atoms. The van der Waals surface area contributed by atoms with E-state index in [1.165, 1.54) is 12.0 Å². The highest BCUT2D eigenvalue weighted by Gasteiger charge is 2.33. The van der Waals surface area contributed by atoms with Crippen LogP contribution in [0.5, 0.6) is 5.88 Å². The van der Waals surface area contributed by atoms with Crippen molar-refractivity contribution in [3.63, 3.8) is 0 Å². The van der Waals surface area contributed by atoms with E-state index >= 15 is 0 Å². The summed E-state index contributed by atoms with van der Waals surface area (Å²) < 4.78 is 26.9. The number of hydrogen-bond donors (Lipinski definition) is 1. The van der Waals surface area contributed by atoms with Gasteiger partial charge in [0, 0.05) is 24.9 Å². The van der Waals surface area contributed by atoms with Gasteiger partial charge in [-0.15, -0.1) is 10.2 Å². The number of primary sulfonamides is 1. The smallest absolute Gasteiger partial charge is 0.233 e. The topological polar surface area (TPSA) is 115 Å². The van der Waals surface area contributed by atoms with Gasteiger partial charge in [-0.05, 0) is 6.07 Å². The second-order valence-corrected chi connectivity index (χ2v) is 6.00. The molecule has 1 aliphatic rings. The molecule has 0 saturated carbocycles. The van der Waals surface area contributed by atoms with Crippen LogP contribution >= 0.6 is 0 Å². The quantitative estimate of drug-likeness (QED) is 0.769. The molecule has 8 nitrogen and oxygen atoms in total. The summed E-state index contributed by atoms with van der Waals surface area (Å²) in [4.78, 5) is 13.2. The predicted octanol–water partition coefficient (Wildman–Crippen LogP) is -0.873. The molecule has 2 heterocycles. The van der Waals surface area contributed by atoms with Gasteiger partial charge in [0.15, 0.2) is 5.82 Å². The number of sulfonamides is 1. The zero-order valence-electron chi connectivity index (χ0n) is 10.3. The number of rotatable bonds is 4. The van der Waals surface area contributed by atoms with E-state index in [0.717, 1.165) is 0 Å². The first-order chi connectivity index (χ1) is 8.89. The molecule has 0 aliphatic carbocycles. The molecule has 0 radical (unpaired) electrons. The summed E-state index contributed by atoms with van der Waals surface area (Å²) in [6.45, 7) is 0.274. The molecule has 2 rings (SSSR count). The Labute approximate surface area is 110 Å². The standard InChI is InChI=1S/C10H14N4O4S/c1-18-9-3-2-8(12-13-9)14-5-7(4-10(14)15)6-19(11,16)17/h2-3,7H,4-6H2,1H3,(H2,11,16,17). The molecule has 1 atom stereocenters. The first kappa shape index (κ1) is 13.7. The van der Waals surface area contributed by atoms with Crippen molar-refractivity contribution in [2.45, 2.75) is 6.42 Å². The van der Waals surface area contributed by atoms with Gasteiger partial charge in [-0.3, -0.25) is 9.69 Å². The van der Waals surface area contributed by atoms with Crippen LogP contribution in [-0.2, 0) is 14.8 Å². The van der Waals surface area contributed by atoms with Crippen LogP contribution in [0, 0.1) is 5.92 Å². The van der Waals surface area contributed by atoms with E-state index in [-0.39, 0.29) is 30.5 Å². The SMILES string of the molecule is COc1ccc(N2CC(CS(N)(=O)=O)CC2=O)nn1. The summed E-state index contributed by atoms with van der Waals surface area (Å²) >= 11 is 0. The van der Waals surface area contributed by atoms with Crippen molar-refractivity contribution in [1.82, 2.24) is 10.2 Å². The number of anilines is 1. The van der Waals surface area contributed by atoms with E-state index in [2.05, 4.69) is 10.2 Å². The molecule has 1 amide bonds. The molecule has 0 aromatic carbocycles. The summed E-state index contributed by atoms with van der Waals surface area (Å²) in [6, 6.07) is 3.19. The molecule has 1 fully saturated rings. The van der Waals surface area contributed by atoms with Crippen LogP contribution in [0.25, 0.3) is 0 Å². The molecule has 2 N–H and O–H groups in total. The number of hydrogen-bond acceptors (Lipinski definition) is 6. The Kier molecular flexibility index (Phi) is 3.67. The maximum absolute atomic E-state index is 11.8. The Bertz CT molecular complexity index is 572. The predicted molar refractivity (Wildman–Crippen MR) is 67.0 cm³/mol. The Morgan fingerprint density at radius 3 is 2.74 bits per heavy atom. The highest BCUT2D eigenvalue weighted by Crippen LogP contribution is 2.24. The Morgan fingerprint density at radius 1 is 1.47 bits per heavy atom. The molecular formula is C10H14N4O4S. The minimum absolute atomic E-state index is 0.143. The van der Waals surface area contributed by atoms with Crippen molar-refractivity contribution in [2.24, 2.45) is 11.1 Å². The van der Waals surface area contributed by atoms with Gasteiger partial charge in [0.1, 0.15) is 0 Å². The number of carbonyl (C=O) groups excluding carboxylic acids is 1. The van der Waals surface area contributed by atoms with E-state index in [1.807, 2.05) is 0 Å². The first-order valence-corrected chi connectivity index (χ1v) is 7.29. The van der Waals surface area contributed by atoms with Crippen molar-refractivity contribution in [3.8, 4) is 5.88 Å². The van der Waals surface area contributed by atoms with Gasteiger partial charge in [-0.25, -0.2) is 13.6 Å². The Morgan fingerprint density at radius 2 is 2.21 bits per heavy atom. The normalized spacial score (nSPS) is 19.8. The number of nitrogens with zero attached hydrogens (tertiary/aromatic N) is 3. The molecule has 0 bridgehead atoms. The lowest BCUT2D eigenvalue weighted by Gasteiger charge is -2.14. The fourth-order valence-corrected chi connectivity index (χ4v) is 2.89. The summed E-state index contributed by atoms with van der Waals surface area (Å²) in [7, 11) is -2.12. The Hall–Kier alpha value is -1.74. The molecule has 104 valence electrons. The van der Waals surface area contributed by atoms with Gasteiger partial charge in [0.2, 0.25) is 21.8 Å². The lowest BCUT2D eigenvalue weighted by molar-refractivity contribution is -0.117. The third-order valence-electron chi connectivity index (χ3n) is 2.78. The minimum Gasteiger partial charge on any atom is -0.480 e. The zero-order chi connectivity index (χ0) is 14.0. The highest BCUT2D eigenvalue weighted by molar-refractivity contribution is 7.89. The lowest BCUT2D eigenvalue weighted by atomic mass is 10.1. The van der Waals surface area contributed by atoms with E-state index < -0.39 is 10.0 Å². The fourth-order valence-electron chi connectivity index (χ4n) is 2.01. The van der Waals surface area contributed by atoms with Crippen molar-refractivity contribution in [2.75, 3.05) is 24.3 Å². The number of amides is 1. The molecule has 1 unspecified atom stereocenters. The van der Waals surface area contributed by atoms with Gasteiger partial charge in [0.25, 0.3) is 0 Å². The van der Waals surface area contributed by atoms with E-state index in [4.69, 9.17) is 9.88 Å². The van der Waals surface area contributed by atoms with Crippen molar-refractivity contribution in [3.05, 3.63) is 12.1 Å². The van der Waals surface area contributed by atoms with Gasteiger partial charge in [0.05, 0.1) is 12.9 Å². The van der Waals surface area contributed by atoms with Crippen LogP contribution in [0.4, 0.5) is 5.82 Å². The monoisotopic (exact) mass is 286 g/mol. The van der Waals surface area contributed by atoms with Gasteiger partial charge in [-0.2, -0.15) is 0 Å². The van der Waals surface area contributed by atoms with Crippen LogP contribution < -0.4 is 14.8 Å². The Balaban J connectivity index is 2.11. The number of methoxy groups -OCH3 is 1. The summed E-state index contributed by atoms with van der Waals surface area (Å²) in [5, 5.41) is 12.6. The van der Waals surface area contributed by atoms with Crippen molar-refractivity contribution >= 4 is 21.7 Å². The van der Waals surface area contributed by atoms with Gasteiger partial charge >= 0.3 is 0 Å². The van der Waals surface area contributed by atoms with Crippen molar-refractivity contribution in [1.29, 1.82) is 0 Å². The van der Waals surface area contributed by atoms with Crippen LogP contribution in [0.15, 0.2) is 12.1 Å². The van der Waals surface area contributed by atoms with Crippen molar-refractivity contribution < 1.29 is 17.9 Å². The molecule has 1 aromatic rings. The largest absolute Gasteiger partial charge is 0.480 e. The third kappa shape index (κ3) is 3.38. The molecular weight excluding hydrogens is 272 g/mol. The number of carbonyl (C=O) groups is 1. The average molecular weight is 286 g/mol. The van der Waals surface area contributed by atoms with Crippen LogP contribution in [-0.4, -0.2) is 43.9 Å². The first-order valence-electron chi connectivity index (χ1n) is 5.57. The van der Waals surface area contributed by atoms with E-state index in [0.29, 0.717) is 11.7 Å². The zero-order valence-corrected chi connectivity index (χ0v) is 11.1. The summed E-state index contributed by atoms with van der Waals surface area (Å²) in [5.74, 6) is 0.0115. The highest BCUT2D eigenvalue weighted by atomic mass is 32.2. The fraction of sp³-hybridized carbons (Fsp3) is 0.500. The van der Waals surface area contributed by atoms with Gasteiger partial charge in [-0.1, -0.05) is 0 Å².